The van der Waals surface area contributed by atoms with Crippen LogP contribution >= 0.6 is 46.4 Å². The lowest BCUT2D eigenvalue weighted by Gasteiger charge is -2.08. The molecule has 0 amide bonds. The van der Waals surface area contributed by atoms with E-state index < -0.39 is 0 Å². The molecule has 4 rings (SSSR count). The maximum atomic E-state index is 6.37. The van der Waals surface area contributed by atoms with Gasteiger partial charge in [-0.3, -0.25) is 0 Å². The zero-order valence-electron chi connectivity index (χ0n) is 14.7. The molecule has 0 aliphatic rings. The Morgan fingerprint density at radius 3 is 2.32 bits per heavy atom. The molecule has 142 valence electrons. The van der Waals surface area contributed by atoms with Crippen LogP contribution in [0.1, 0.15) is 11.1 Å². The number of rotatable bonds is 5. The largest absolute Gasteiger partial charge is 0.380 e. The van der Waals surface area contributed by atoms with Gasteiger partial charge >= 0.3 is 0 Å². The molecule has 0 saturated carbocycles. The Bertz CT molecular complexity index is 1150. The molecule has 0 bridgehead atoms. The van der Waals surface area contributed by atoms with Gasteiger partial charge in [0.1, 0.15) is 0 Å². The molecule has 0 saturated heterocycles. The standard InChI is InChI=1S/C22H16Cl4N2/c23-16-6-5-14(20(26)9-16)12-28-13-15(18-3-1-2-4-22(18)28)11-27-21-10-17(24)7-8-19(21)25/h1-10,13,27H,11-12H2. The van der Waals surface area contributed by atoms with E-state index in [1.54, 1.807) is 18.2 Å². The van der Waals surface area contributed by atoms with Crippen LogP contribution in [0.4, 0.5) is 5.69 Å². The van der Waals surface area contributed by atoms with E-state index in [0.717, 1.165) is 22.3 Å². The van der Waals surface area contributed by atoms with Crippen LogP contribution in [0.15, 0.2) is 66.9 Å². The smallest absolute Gasteiger partial charge is 0.0638 e. The summed E-state index contributed by atoms with van der Waals surface area (Å²) in [7, 11) is 0. The number of nitrogens with zero attached hydrogens (tertiary/aromatic N) is 1. The summed E-state index contributed by atoms with van der Waals surface area (Å²) < 4.78 is 2.20. The molecule has 0 aliphatic heterocycles. The van der Waals surface area contributed by atoms with Gasteiger partial charge in [0.05, 0.1) is 10.7 Å². The molecule has 0 radical (unpaired) electrons. The number of halogens is 4. The maximum Gasteiger partial charge on any atom is 0.0638 e. The van der Waals surface area contributed by atoms with Crippen LogP contribution in [0, 0.1) is 0 Å². The van der Waals surface area contributed by atoms with E-state index in [9.17, 15) is 0 Å². The number of hydrogen-bond acceptors (Lipinski definition) is 1. The normalized spacial score (nSPS) is 11.1. The van der Waals surface area contributed by atoms with Crippen molar-refractivity contribution in [2.75, 3.05) is 5.32 Å². The Morgan fingerprint density at radius 2 is 1.50 bits per heavy atom. The minimum atomic E-state index is 0.627. The molecule has 0 spiro atoms. The number of benzene rings is 3. The number of hydrogen-bond donors (Lipinski definition) is 1. The first kappa shape index (κ1) is 19.5. The summed E-state index contributed by atoms with van der Waals surface area (Å²) in [4.78, 5) is 0. The van der Waals surface area contributed by atoms with Gasteiger partial charge in [-0.15, -0.1) is 0 Å². The summed E-state index contributed by atoms with van der Waals surface area (Å²) in [6.45, 7) is 1.29. The van der Waals surface area contributed by atoms with Gasteiger partial charge in [-0.25, -0.2) is 0 Å². The molecule has 1 heterocycles. The molecule has 6 heteroatoms. The van der Waals surface area contributed by atoms with E-state index in [0.29, 0.717) is 33.2 Å². The van der Waals surface area contributed by atoms with Gasteiger partial charge in [-0.05, 0) is 47.5 Å². The summed E-state index contributed by atoms with van der Waals surface area (Å²) in [6, 6.07) is 19.3. The topological polar surface area (TPSA) is 17.0 Å². The number of fused-ring (bicyclic) bond motifs is 1. The second-order valence-corrected chi connectivity index (χ2v) is 8.20. The number of anilines is 1. The second kappa shape index (κ2) is 8.26. The molecule has 28 heavy (non-hydrogen) atoms. The molecular formula is C22H16Cl4N2. The first-order chi connectivity index (χ1) is 13.5. The van der Waals surface area contributed by atoms with Crippen LogP contribution in [-0.2, 0) is 13.1 Å². The average Bonchev–Trinajstić information content (AvgIpc) is 3.02. The van der Waals surface area contributed by atoms with E-state index in [1.165, 1.54) is 5.39 Å². The first-order valence-electron chi connectivity index (χ1n) is 8.71. The van der Waals surface area contributed by atoms with Crippen molar-refractivity contribution < 1.29 is 0 Å². The van der Waals surface area contributed by atoms with E-state index in [-0.39, 0.29) is 0 Å². The average molecular weight is 450 g/mol. The van der Waals surface area contributed by atoms with Gasteiger partial charge in [0.25, 0.3) is 0 Å². The first-order valence-corrected chi connectivity index (χ1v) is 10.2. The Balaban J connectivity index is 1.65. The Kier molecular flexibility index (Phi) is 5.75. The lowest BCUT2D eigenvalue weighted by atomic mass is 10.1. The van der Waals surface area contributed by atoms with Crippen LogP contribution in [0.5, 0.6) is 0 Å². The number of aromatic nitrogens is 1. The van der Waals surface area contributed by atoms with E-state index >= 15 is 0 Å². The van der Waals surface area contributed by atoms with Crippen LogP contribution < -0.4 is 5.32 Å². The highest BCUT2D eigenvalue weighted by atomic mass is 35.5. The summed E-state index contributed by atoms with van der Waals surface area (Å²) in [5.41, 5.74) is 4.13. The molecule has 0 unspecified atom stereocenters. The van der Waals surface area contributed by atoms with Crippen molar-refractivity contribution in [1.29, 1.82) is 0 Å². The van der Waals surface area contributed by atoms with Crippen LogP contribution in [0.3, 0.4) is 0 Å². The van der Waals surface area contributed by atoms with E-state index in [1.807, 2.05) is 30.3 Å². The minimum absolute atomic E-state index is 0.627. The van der Waals surface area contributed by atoms with Gasteiger partial charge in [-0.1, -0.05) is 70.7 Å². The molecule has 0 fully saturated rings. The fourth-order valence-electron chi connectivity index (χ4n) is 3.25. The quantitative estimate of drug-likeness (QED) is 0.327. The van der Waals surface area contributed by atoms with Crippen molar-refractivity contribution in [1.82, 2.24) is 4.57 Å². The molecule has 3 aromatic carbocycles. The Labute approximate surface area is 183 Å². The third-order valence-electron chi connectivity index (χ3n) is 4.62. The SMILES string of the molecule is Clc1ccc(Cn2cc(CNc3cc(Cl)ccc3Cl)c3ccccc32)c(Cl)c1. The highest BCUT2D eigenvalue weighted by molar-refractivity contribution is 6.35. The molecule has 0 aliphatic carbocycles. The third-order valence-corrected chi connectivity index (χ3v) is 5.78. The second-order valence-electron chi connectivity index (χ2n) is 6.51. The zero-order valence-corrected chi connectivity index (χ0v) is 17.7. The summed E-state index contributed by atoms with van der Waals surface area (Å²) in [5, 5.41) is 7.15. The molecular weight excluding hydrogens is 434 g/mol. The zero-order chi connectivity index (χ0) is 19.7. The number of para-hydroxylation sites is 1. The van der Waals surface area contributed by atoms with Gasteiger partial charge in [0.2, 0.25) is 0 Å². The van der Waals surface area contributed by atoms with Crippen molar-refractivity contribution in [2.24, 2.45) is 0 Å². The molecule has 4 aromatic rings. The molecule has 0 atom stereocenters. The Morgan fingerprint density at radius 1 is 0.750 bits per heavy atom. The van der Waals surface area contributed by atoms with Gasteiger partial charge in [0.15, 0.2) is 0 Å². The Hall–Kier alpha value is -1.84. The lowest BCUT2D eigenvalue weighted by molar-refractivity contribution is 0.831. The van der Waals surface area contributed by atoms with Crippen molar-refractivity contribution in [3.05, 3.63) is 98.1 Å². The summed E-state index contributed by atoms with van der Waals surface area (Å²) in [6.07, 6.45) is 2.14. The minimum Gasteiger partial charge on any atom is -0.380 e. The number of nitrogens with one attached hydrogen (secondary N) is 1. The van der Waals surface area contributed by atoms with Crippen LogP contribution in [-0.4, -0.2) is 4.57 Å². The monoisotopic (exact) mass is 448 g/mol. The fourth-order valence-corrected chi connectivity index (χ4v) is 4.08. The fraction of sp³-hybridized carbons (Fsp3) is 0.0909. The third kappa shape index (κ3) is 4.11. The van der Waals surface area contributed by atoms with E-state index in [2.05, 4.69) is 28.2 Å². The van der Waals surface area contributed by atoms with Crippen LogP contribution in [0.2, 0.25) is 20.1 Å². The predicted molar refractivity (Wildman–Crippen MR) is 121 cm³/mol. The lowest BCUT2D eigenvalue weighted by Crippen LogP contribution is -2.01. The highest BCUT2D eigenvalue weighted by Gasteiger charge is 2.11. The van der Waals surface area contributed by atoms with E-state index in [4.69, 9.17) is 46.4 Å². The predicted octanol–water partition coefficient (Wildman–Crippen LogP) is 7.92. The van der Waals surface area contributed by atoms with Crippen molar-refractivity contribution >= 4 is 63.0 Å². The van der Waals surface area contributed by atoms with Crippen molar-refractivity contribution in [2.45, 2.75) is 13.1 Å². The summed E-state index contributed by atoms with van der Waals surface area (Å²) >= 11 is 24.8. The highest BCUT2D eigenvalue weighted by Crippen LogP contribution is 2.29. The van der Waals surface area contributed by atoms with Gasteiger partial charge in [0, 0.05) is 45.3 Å². The maximum absolute atomic E-state index is 6.37. The molecule has 1 N–H and O–H groups in total. The van der Waals surface area contributed by atoms with Crippen LogP contribution in [0.25, 0.3) is 10.9 Å². The van der Waals surface area contributed by atoms with Crippen molar-refractivity contribution in [3.63, 3.8) is 0 Å². The van der Waals surface area contributed by atoms with Crippen molar-refractivity contribution in [3.8, 4) is 0 Å². The molecule has 1 aromatic heterocycles. The van der Waals surface area contributed by atoms with Gasteiger partial charge < -0.3 is 9.88 Å². The molecule has 2 nitrogen and oxygen atoms in total. The summed E-state index contributed by atoms with van der Waals surface area (Å²) in [5.74, 6) is 0. The van der Waals surface area contributed by atoms with Gasteiger partial charge in [-0.2, -0.15) is 0 Å².